The van der Waals surface area contributed by atoms with E-state index < -0.39 is 0 Å². The Morgan fingerprint density at radius 2 is 2.32 bits per heavy atom. The summed E-state index contributed by atoms with van der Waals surface area (Å²) in [5, 5.41) is 4.56. The van der Waals surface area contributed by atoms with Gasteiger partial charge in [0.25, 0.3) is 0 Å². The molecule has 0 saturated carbocycles. The van der Waals surface area contributed by atoms with Gasteiger partial charge in [-0.05, 0) is 55.7 Å². The third-order valence-corrected chi connectivity index (χ3v) is 5.67. The molecule has 0 spiro atoms. The molecule has 19 heavy (non-hydrogen) atoms. The zero-order chi connectivity index (χ0) is 13.5. The van der Waals surface area contributed by atoms with Crippen molar-refractivity contribution in [2.24, 2.45) is 0 Å². The lowest BCUT2D eigenvalue weighted by molar-refractivity contribution is 0.461. The van der Waals surface area contributed by atoms with E-state index in [1.807, 2.05) is 0 Å². The van der Waals surface area contributed by atoms with Crippen LogP contribution < -0.4 is 5.32 Å². The molecule has 1 aromatic rings. The van der Waals surface area contributed by atoms with Gasteiger partial charge in [0.1, 0.15) is 0 Å². The maximum Gasteiger partial charge on any atom is 0.0226 e. The molecule has 1 saturated heterocycles. The summed E-state index contributed by atoms with van der Waals surface area (Å²) in [4.78, 5) is 0. The molecule has 3 heteroatoms. The highest BCUT2D eigenvalue weighted by Crippen LogP contribution is 2.29. The Morgan fingerprint density at radius 1 is 1.42 bits per heavy atom. The van der Waals surface area contributed by atoms with Gasteiger partial charge < -0.3 is 5.32 Å². The molecule has 0 amide bonds. The van der Waals surface area contributed by atoms with E-state index in [0.29, 0.717) is 6.04 Å². The minimum Gasteiger partial charge on any atom is -0.313 e. The van der Waals surface area contributed by atoms with Gasteiger partial charge in [-0.2, -0.15) is 11.8 Å². The van der Waals surface area contributed by atoms with E-state index in [0.717, 1.165) is 18.2 Å². The van der Waals surface area contributed by atoms with Crippen molar-refractivity contribution in [1.82, 2.24) is 5.32 Å². The monoisotopic (exact) mass is 341 g/mol. The Balaban J connectivity index is 1.99. The normalized spacial score (nSPS) is 21.3. The second-order valence-electron chi connectivity index (χ2n) is 5.30. The lowest BCUT2D eigenvalue weighted by Gasteiger charge is -2.31. The SMILES string of the molecule is CCCNC(Cc1cccc(Br)c1)C1CCCCS1. The van der Waals surface area contributed by atoms with Crippen molar-refractivity contribution < 1.29 is 0 Å². The molecule has 1 aliphatic rings. The molecule has 1 N–H and O–H groups in total. The molecule has 2 unspecified atom stereocenters. The van der Waals surface area contributed by atoms with E-state index in [1.54, 1.807) is 0 Å². The fourth-order valence-electron chi connectivity index (χ4n) is 2.67. The van der Waals surface area contributed by atoms with Crippen LogP contribution >= 0.6 is 27.7 Å². The van der Waals surface area contributed by atoms with Gasteiger partial charge in [0.2, 0.25) is 0 Å². The van der Waals surface area contributed by atoms with Crippen LogP contribution in [0.3, 0.4) is 0 Å². The Hall–Kier alpha value is 0.01000. The summed E-state index contributed by atoms with van der Waals surface area (Å²) in [6.07, 6.45) is 6.54. The van der Waals surface area contributed by atoms with Crippen LogP contribution in [0, 0.1) is 0 Å². The van der Waals surface area contributed by atoms with Gasteiger partial charge in [0.15, 0.2) is 0 Å². The van der Waals surface area contributed by atoms with Gasteiger partial charge in [0, 0.05) is 15.8 Å². The highest BCUT2D eigenvalue weighted by atomic mass is 79.9. The van der Waals surface area contributed by atoms with Gasteiger partial charge in [-0.15, -0.1) is 0 Å². The average molecular weight is 342 g/mol. The second-order valence-corrected chi connectivity index (χ2v) is 7.56. The Kier molecular flexibility index (Phi) is 6.75. The van der Waals surface area contributed by atoms with Gasteiger partial charge in [-0.1, -0.05) is 41.4 Å². The highest BCUT2D eigenvalue weighted by Gasteiger charge is 2.23. The van der Waals surface area contributed by atoms with E-state index in [-0.39, 0.29) is 0 Å². The van der Waals surface area contributed by atoms with Crippen LogP contribution in [0.2, 0.25) is 0 Å². The minimum absolute atomic E-state index is 0.625. The molecule has 1 aromatic carbocycles. The first-order valence-electron chi connectivity index (χ1n) is 7.39. The number of hydrogen-bond acceptors (Lipinski definition) is 2. The number of nitrogens with one attached hydrogen (secondary N) is 1. The predicted octanol–water partition coefficient (Wildman–Crippen LogP) is 4.65. The summed E-state index contributed by atoms with van der Waals surface area (Å²) in [6.45, 7) is 3.38. The average Bonchev–Trinajstić information content (AvgIpc) is 2.44. The fourth-order valence-corrected chi connectivity index (χ4v) is 4.54. The second kappa shape index (κ2) is 8.33. The van der Waals surface area contributed by atoms with E-state index in [4.69, 9.17) is 0 Å². The van der Waals surface area contributed by atoms with Crippen LogP contribution in [0.15, 0.2) is 28.7 Å². The summed E-state index contributed by atoms with van der Waals surface area (Å²) in [6, 6.07) is 9.38. The smallest absolute Gasteiger partial charge is 0.0226 e. The van der Waals surface area contributed by atoms with Crippen LogP contribution in [0.25, 0.3) is 0 Å². The predicted molar refractivity (Wildman–Crippen MR) is 90.0 cm³/mol. The van der Waals surface area contributed by atoms with Crippen LogP contribution in [-0.4, -0.2) is 23.6 Å². The third kappa shape index (κ3) is 5.13. The molecule has 106 valence electrons. The van der Waals surface area contributed by atoms with Gasteiger partial charge in [-0.25, -0.2) is 0 Å². The van der Waals surface area contributed by atoms with Crippen LogP contribution in [0.4, 0.5) is 0 Å². The van der Waals surface area contributed by atoms with E-state index >= 15 is 0 Å². The van der Waals surface area contributed by atoms with E-state index in [1.165, 1.54) is 41.5 Å². The molecule has 1 nitrogen and oxygen atoms in total. The lowest BCUT2D eigenvalue weighted by Crippen LogP contribution is -2.41. The summed E-state index contributed by atoms with van der Waals surface area (Å²) in [5.41, 5.74) is 1.44. The molecule has 0 aromatic heterocycles. The van der Waals surface area contributed by atoms with Crippen LogP contribution in [-0.2, 0) is 6.42 Å². The molecule has 1 aliphatic heterocycles. The van der Waals surface area contributed by atoms with Gasteiger partial charge >= 0.3 is 0 Å². The maximum atomic E-state index is 3.77. The number of hydrogen-bond donors (Lipinski definition) is 1. The molecule has 2 rings (SSSR count). The standard InChI is InChI=1S/C16H24BrNS/c1-2-9-18-15(16-8-3-4-10-19-16)12-13-6-5-7-14(17)11-13/h5-7,11,15-16,18H,2-4,8-10,12H2,1H3. The molecular formula is C16H24BrNS. The van der Waals surface area contributed by atoms with Gasteiger partial charge in [-0.3, -0.25) is 0 Å². The van der Waals surface area contributed by atoms with Crippen molar-refractivity contribution >= 4 is 27.7 Å². The molecule has 0 bridgehead atoms. The first-order chi connectivity index (χ1) is 9.29. The zero-order valence-corrected chi connectivity index (χ0v) is 14.1. The number of benzene rings is 1. The van der Waals surface area contributed by atoms with Crippen molar-refractivity contribution in [3.8, 4) is 0 Å². The molecule has 0 aliphatic carbocycles. The first-order valence-corrected chi connectivity index (χ1v) is 9.23. The molecule has 2 atom stereocenters. The molecule has 0 radical (unpaired) electrons. The van der Waals surface area contributed by atoms with Gasteiger partial charge in [0.05, 0.1) is 0 Å². The van der Waals surface area contributed by atoms with E-state index in [9.17, 15) is 0 Å². The zero-order valence-electron chi connectivity index (χ0n) is 11.7. The maximum absolute atomic E-state index is 3.77. The largest absolute Gasteiger partial charge is 0.313 e. The van der Waals surface area contributed by atoms with Crippen molar-refractivity contribution in [3.63, 3.8) is 0 Å². The summed E-state index contributed by atoms with van der Waals surface area (Å²) in [5.74, 6) is 1.34. The fraction of sp³-hybridized carbons (Fsp3) is 0.625. The topological polar surface area (TPSA) is 12.0 Å². The Labute approximate surface area is 130 Å². The Morgan fingerprint density at radius 3 is 3.00 bits per heavy atom. The third-order valence-electron chi connectivity index (χ3n) is 3.66. The number of rotatable bonds is 6. The van der Waals surface area contributed by atoms with Crippen molar-refractivity contribution in [3.05, 3.63) is 34.3 Å². The molecule has 1 heterocycles. The van der Waals surface area contributed by atoms with Crippen LogP contribution in [0.5, 0.6) is 0 Å². The van der Waals surface area contributed by atoms with Crippen molar-refractivity contribution in [2.75, 3.05) is 12.3 Å². The number of thioether (sulfide) groups is 1. The quantitative estimate of drug-likeness (QED) is 0.808. The van der Waals surface area contributed by atoms with E-state index in [2.05, 4.69) is 64.2 Å². The summed E-state index contributed by atoms with van der Waals surface area (Å²) >= 11 is 5.75. The summed E-state index contributed by atoms with van der Waals surface area (Å²) in [7, 11) is 0. The number of halogens is 1. The molecule has 1 fully saturated rings. The van der Waals surface area contributed by atoms with Crippen LogP contribution in [0.1, 0.15) is 38.2 Å². The Bertz CT molecular complexity index is 377. The van der Waals surface area contributed by atoms with Crippen molar-refractivity contribution in [1.29, 1.82) is 0 Å². The lowest BCUT2D eigenvalue weighted by atomic mass is 9.99. The highest BCUT2D eigenvalue weighted by molar-refractivity contribution is 9.10. The summed E-state index contributed by atoms with van der Waals surface area (Å²) < 4.78 is 1.19. The molecular weight excluding hydrogens is 318 g/mol. The van der Waals surface area contributed by atoms with Crippen molar-refractivity contribution in [2.45, 2.75) is 50.3 Å². The minimum atomic E-state index is 0.625. The first kappa shape index (κ1) is 15.4.